The fraction of sp³-hybridized carbons (Fsp3) is 0.321. The number of ether oxygens (including phenoxy) is 1. The number of nitrogens with zero attached hydrogens (tertiary/aromatic N) is 1. The van der Waals surface area contributed by atoms with E-state index in [2.05, 4.69) is 5.32 Å². The fourth-order valence-electron chi connectivity index (χ4n) is 4.51. The molecule has 1 N–H and O–H groups in total. The smallest absolute Gasteiger partial charge is 0.417 e. The van der Waals surface area contributed by atoms with Crippen molar-refractivity contribution in [2.45, 2.75) is 56.8 Å². The minimum Gasteiger partial charge on any atom is -0.487 e. The molecule has 39 heavy (non-hydrogen) atoms. The van der Waals surface area contributed by atoms with Crippen LogP contribution in [0.3, 0.4) is 0 Å². The Labute approximate surface area is 230 Å². The fourth-order valence-corrected chi connectivity index (χ4v) is 6.15. The Morgan fingerprint density at radius 1 is 1.05 bits per heavy atom. The SMILES string of the molecule is Cc1ccc(S(=O)(=O)N(CC(=O)NC2CC(C)(C)Oc3ccc(C)cc32)c2ccc(Cl)c(C(F)(F)F)c2)cc1. The maximum atomic E-state index is 13.7. The molecule has 0 fully saturated rings. The van der Waals surface area contributed by atoms with E-state index < -0.39 is 50.9 Å². The maximum Gasteiger partial charge on any atom is 0.417 e. The van der Waals surface area contributed by atoms with Gasteiger partial charge in [0.15, 0.2) is 0 Å². The van der Waals surface area contributed by atoms with Gasteiger partial charge in [-0.2, -0.15) is 13.2 Å². The summed E-state index contributed by atoms with van der Waals surface area (Å²) >= 11 is 5.78. The number of carbonyl (C=O) groups is 1. The van der Waals surface area contributed by atoms with Gasteiger partial charge < -0.3 is 10.1 Å². The van der Waals surface area contributed by atoms with Crippen molar-refractivity contribution in [1.82, 2.24) is 5.32 Å². The van der Waals surface area contributed by atoms with E-state index in [-0.39, 0.29) is 10.6 Å². The minimum atomic E-state index is -4.83. The molecule has 1 heterocycles. The lowest BCUT2D eigenvalue weighted by molar-refractivity contribution is -0.137. The van der Waals surface area contributed by atoms with Crippen LogP contribution in [-0.2, 0) is 21.0 Å². The molecule has 3 aromatic rings. The van der Waals surface area contributed by atoms with Gasteiger partial charge in [-0.05, 0) is 64.1 Å². The molecule has 0 saturated carbocycles. The first kappa shape index (κ1) is 28.8. The molecule has 0 saturated heterocycles. The second kappa shape index (κ2) is 10.4. The highest BCUT2D eigenvalue weighted by molar-refractivity contribution is 7.92. The van der Waals surface area contributed by atoms with Crippen molar-refractivity contribution in [3.63, 3.8) is 0 Å². The molecular weight excluding hydrogens is 553 g/mol. The lowest BCUT2D eigenvalue weighted by Crippen LogP contribution is -2.45. The first-order valence-electron chi connectivity index (χ1n) is 12.1. The van der Waals surface area contributed by atoms with Crippen molar-refractivity contribution >= 4 is 33.2 Å². The summed E-state index contributed by atoms with van der Waals surface area (Å²) < 4.78 is 74.9. The van der Waals surface area contributed by atoms with E-state index in [0.717, 1.165) is 28.8 Å². The van der Waals surface area contributed by atoms with Crippen LogP contribution in [0, 0.1) is 13.8 Å². The van der Waals surface area contributed by atoms with E-state index in [1.165, 1.54) is 12.1 Å². The Morgan fingerprint density at radius 3 is 2.33 bits per heavy atom. The van der Waals surface area contributed by atoms with Crippen LogP contribution in [0.5, 0.6) is 5.75 Å². The molecule has 208 valence electrons. The number of sulfonamides is 1. The zero-order valence-corrected chi connectivity index (χ0v) is 23.3. The molecule has 1 amide bonds. The summed E-state index contributed by atoms with van der Waals surface area (Å²) in [6.07, 6.45) is -4.43. The Morgan fingerprint density at radius 2 is 1.69 bits per heavy atom. The molecule has 1 aliphatic heterocycles. The third-order valence-electron chi connectivity index (χ3n) is 6.40. The molecule has 0 aromatic heterocycles. The van der Waals surface area contributed by atoms with E-state index >= 15 is 0 Å². The zero-order chi connectivity index (χ0) is 28.8. The van der Waals surface area contributed by atoms with Gasteiger partial charge in [-0.15, -0.1) is 0 Å². The average Bonchev–Trinajstić information content (AvgIpc) is 2.82. The first-order valence-corrected chi connectivity index (χ1v) is 13.9. The predicted molar refractivity (Wildman–Crippen MR) is 144 cm³/mol. The molecule has 0 bridgehead atoms. The number of anilines is 1. The summed E-state index contributed by atoms with van der Waals surface area (Å²) in [4.78, 5) is 13.2. The van der Waals surface area contributed by atoms with Crippen LogP contribution in [-0.4, -0.2) is 26.5 Å². The summed E-state index contributed by atoms with van der Waals surface area (Å²) in [6, 6.07) is 13.6. The molecule has 6 nitrogen and oxygen atoms in total. The number of rotatable bonds is 6. The van der Waals surface area contributed by atoms with Crippen molar-refractivity contribution in [2.75, 3.05) is 10.8 Å². The molecule has 1 aliphatic rings. The van der Waals surface area contributed by atoms with Crippen molar-refractivity contribution in [2.24, 2.45) is 0 Å². The standard InChI is InChI=1S/C28H28ClF3N2O4S/c1-17-5-9-20(10-6-17)39(36,37)34(19-8-11-23(29)22(14-19)28(30,31)32)16-26(35)33-24-15-27(3,4)38-25-12-7-18(2)13-21(24)25/h5-14,24H,15-16H2,1-4H3,(H,33,35). The van der Waals surface area contributed by atoms with Gasteiger partial charge in [-0.25, -0.2) is 8.42 Å². The highest BCUT2D eigenvalue weighted by Gasteiger charge is 2.37. The molecule has 0 spiro atoms. The second-order valence-corrected chi connectivity index (χ2v) is 12.5. The number of hydrogen-bond donors (Lipinski definition) is 1. The number of aryl methyl sites for hydroxylation is 2. The Balaban J connectivity index is 1.73. The van der Waals surface area contributed by atoms with E-state index in [0.29, 0.717) is 22.5 Å². The molecule has 3 aromatic carbocycles. The van der Waals surface area contributed by atoms with E-state index in [9.17, 15) is 26.4 Å². The van der Waals surface area contributed by atoms with Gasteiger partial charge in [0.25, 0.3) is 10.0 Å². The summed E-state index contributed by atoms with van der Waals surface area (Å²) in [5.41, 5.74) is 0.307. The average molecular weight is 581 g/mol. The van der Waals surface area contributed by atoms with E-state index in [4.69, 9.17) is 16.3 Å². The van der Waals surface area contributed by atoms with Crippen LogP contribution in [0.15, 0.2) is 65.6 Å². The predicted octanol–water partition coefficient (Wildman–Crippen LogP) is 6.59. The topological polar surface area (TPSA) is 75.7 Å². The van der Waals surface area contributed by atoms with Gasteiger partial charge in [0.1, 0.15) is 17.9 Å². The van der Waals surface area contributed by atoms with Crippen LogP contribution in [0.25, 0.3) is 0 Å². The molecule has 4 rings (SSSR count). The third-order valence-corrected chi connectivity index (χ3v) is 8.52. The molecule has 11 heteroatoms. The Hall–Kier alpha value is -3.24. The number of amides is 1. The monoisotopic (exact) mass is 580 g/mol. The van der Waals surface area contributed by atoms with Gasteiger partial charge >= 0.3 is 6.18 Å². The van der Waals surface area contributed by atoms with Gasteiger partial charge in [-0.1, -0.05) is 47.0 Å². The normalized spacial score (nSPS) is 16.7. The molecular formula is C28H28ClF3N2O4S. The van der Waals surface area contributed by atoms with Crippen LogP contribution in [0.1, 0.15) is 48.6 Å². The quantitative estimate of drug-likeness (QED) is 0.357. The maximum absolute atomic E-state index is 13.7. The third kappa shape index (κ3) is 6.33. The zero-order valence-electron chi connectivity index (χ0n) is 21.8. The van der Waals surface area contributed by atoms with E-state index in [1.807, 2.05) is 39.0 Å². The molecule has 0 aliphatic carbocycles. The van der Waals surface area contributed by atoms with Crippen molar-refractivity contribution < 1.29 is 31.1 Å². The first-order chi connectivity index (χ1) is 18.1. The van der Waals surface area contributed by atoms with Gasteiger partial charge in [0.05, 0.1) is 27.2 Å². The Bertz CT molecular complexity index is 1510. The number of hydrogen-bond acceptors (Lipinski definition) is 4. The summed E-state index contributed by atoms with van der Waals surface area (Å²) in [7, 11) is -4.43. The van der Waals surface area contributed by atoms with Gasteiger partial charge in [0.2, 0.25) is 5.91 Å². The van der Waals surface area contributed by atoms with Gasteiger partial charge in [0, 0.05) is 12.0 Å². The lowest BCUT2D eigenvalue weighted by Gasteiger charge is -2.38. The highest BCUT2D eigenvalue weighted by Crippen LogP contribution is 2.40. The van der Waals surface area contributed by atoms with Crippen molar-refractivity contribution in [1.29, 1.82) is 0 Å². The number of nitrogens with one attached hydrogen (secondary N) is 1. The number of alkyl halides is 3. The summed E-state index contributed by atoms with van der Waals surface area (Å²) in [5, 5.41) is 2.29. The second-order valence-electron chi connectivity index (χ2n) is 10.2. The van der Waals surface area contributed by atoms with Crippen molar-refractivity contribution in [3.8, 4) is 5.75 Å². The minimum absolute atomic E-state index is 0.169. The molecule has 1 unspecified atom stereocenters. The highest BCUT2D eigenvalue weighted by atomic mass is 35.5. The Kier molecular flexibility index (Phi) is 7.66. The number of fused-ring (bicyclic) bond motifs is 1. The number of carbonyl (C=O) groups excluding carboxylic acids is 1. The van der Waals surface area contributed by atoms with Crippen LogP contribution in [0.2, 0.25) is 5.02 Å². The van der Waals surface area contributed by atoms with E-state index in [1.54, 1.807) is 19.1 Å². The van der Waals surface area contributed by atoms with Gasteiger partial charge in [-0.3, -0.25) is 9.10 Å². The van der Waals surface area contributed by atoms with Crippen LogP contribution in [0.4, 0.5) is 18.9 Å². The van der Waals surface area contributed by atoms with Crippen molar-refractivity contribution in [3.05, 3.63) is 87.9 Å². The largest absolute Gasteiger partial charge is 0.487 e. The number of benzene rings is 3. The molecule has 0 radical (unpaired) electrons. The molecule has 1 atom stereocenters. The number of halogens is 4. The summed E-state index contributed by atoms with van der Waals surface area (Å²) in [5.74, 6) is -0.0943. The van der Waals surface area contributed by atoms with Crippen LogP contribution < -0.4 is 14.4 Å². The van der Waals surface area contributed by atoms with Crippen LogP contribution >= 0.6 is 11.6 Å². The summed E-state index contributed by atoms with van der Waals surface area (Å²) in [6.45, 7) is 6.65. The lowest BCUT2D eigenvalue weighted by atomic mass is 9.89.